The first-order chi connectivity index (χ1) is 13.7. The number of benzene rings is 2. The normalized spacial score (nSPS) is 13.8. The Bertz CT molecular complexity index is 1350. The molecule has 0 aliphatic heterocycles. The van der Waals surface area contributed by atoms with Crippen molar-refractivity contribution in [2.45, 2.75) is 12.8 Å². The summed E-state index contributed by atoms with van der Waals surface area (Å²) < 4.78 is 1.73. The summed E-state index contributed by atoms with van der Waals surface area (Å²) in [5.41, 5.74) is 4.18. The molecule has 4 heteroatoms. The van der Waals surface area contributed by atoms with Crippen molar-refractivity contribution in [3.63, 3.8) is 0 Å². The lowest BCUT2D eigenvalue weighted by molar-refractivity contribution is 1.04. The molecule has 136 valence electrons. The molecule has 1 aliphatic carbocycles. The summed E-state index contributed by atoms with van der Waals surface area (Å²) in [4.78, 5) is 17.7. The van der Waals surface area contributed by atoms with E-state index in [0.29, 0.717) is 10.7 Å². The van der Waals surface area contributed by atoms with Crippen LogP contribution in [-0.4, -0.2) is 9.55 Å². The van der Waals surface area contributed by atoms with Gasteiger partial charge in [0.2, 0.25) is 0 Å². The number of hydrogen-bond donors (Lipinski definition) is 0. The van der Waals surface area contributed by atoms with Gasteiger partial charge in [-0.05, 0) is 54.3 Å². The van der Waals surface area contributed by atoms with Gasteiger partial charge in [-0.15, -0.1) is 0 Å². The minimum atomic E-state index is -0.165. The van der Waals surface area contributed by atoms with Crippen molar-refractivity contribution in [1.29, 1.82) is 0 Å². The maximum absolute atomic E-state index is 13.4. The summed E-state index contributed by atoms with van der Waals surface area (Å²) in [7, 11) is 0. The molecular weight excluding hydrogens is 368 g/mol. The number of aromatic nitrogens is 2. The molecule has 4 aromatic rings. The van der Waals surface area contributed by atoms with E-state index in [9.17, 15) is 4.79 Å². The molecule has 1 aliphatic rings. The van der Waals surface area contributed by atoms with Crippen molar-refractivity contribution < 1.29 is 0 Å². The Balaban J connectivity index is 1.84. The predicted octanol–water partition coefficient (Wildman–Crippen LogP) is 5.93. The number of nitrogens with zero attached hydrogens (tertiary/aromatic N) is 2. The monoisotopic (exact) mass is 384 g/mol. The van der Waals surface area contributed by atoms with Gasteiger partial charge >= 0.3 is 0 Å². The van der Waals surface area contributed by atoms with E-state index in [4.69, 9.17) is 11.6 Å². The smallest absolute Gasteiger partial charge is 0.275 e. The Hall–Kier alpha value is -3.17. The van der Waals surface area contributed by atoms with E-state index in [1.807, 2.05) is 42.5 Å². The highest BCUT2D eigenvalue weighted by Gasteiger charge is 2.14. The summed E-state index contributed by atoms with van der Waals surface area (Å²) in [5, 5.41) is 2.11. The zero-order chi connectivity index (χ0) is 19.1. The van der Waals surface area contributed by atoms with Gasteiger partial charge in [0.05, 0.1) is 5.52 Å². The highest BCUT2D eigenvalue weighted by molar-refractivity contribution is 6.30. The van der Waals surface area contributed by atoms with Gasteiger partial charge in [-0.3, -0.25) is 9.36 Å². The second-order valence-corrected chi connectivity index (χ2v) is 7.26. The molecule has 0 bridgehead atoms. The summed E-state index contributed by atoms with van der Waals surface area (Å²) in [5.74, 6) is 0. The number of hydrogen-bond acceptors (Lipinski definition) is 2. The van der Waals surface area contributed by atoms with E-state index in [0.717, 1.165) is 40.4 Å². The molecule has 2 aromatic carbocycles. The van der Waals surface area contributed by atoms with Crippen molar-refractivity contribution in [1.82, 2.24) is 9.55 Å². The largest absolute Gasteiger partial charge is 0.282 e. The molecule has 0 amide bonds. The molecule has 2 heterocycles. The van der Waals surface area contributed by atoms with Crippen molar-refractivity contribution in [3.05, 3.63) is 100.0 Å². The SMILES string of the molecule is O=c1c2nc(Cl)ccc2c2ccccc2n1-c1cccc(C2=CCCC=C2)c1. The van der Waals surface area contributed by atoms with Crippen LogP contribution in [0.3, 0.4) is 0 Å². The molecule has 28 heavy (non-hydrogen) atoms. The van der Waals surface area contributed by atoms with Crippen molar-refractivity contribution in [2.24, 2.45) is 0 Å². The van der Waals surface area contributed by atoms with Crippen molar-refractivity contribution >= 4 is 39.0 Å². The first-order valence-electron chi connectivity index (χ1n) is 9.30. The molecule has 0 N–H and O–H groups in total. The number of allylic oxidation sites excluding steroid dienone is 4. The highest BCUT2D eigenvalue weighted by Crippen LogP contribution is 2.27. The van der Waals surface area contributed by atoms with E-state index in [-0.39, 0.29) is 5.56 Å². The van der Waals surface area contributed by atoms with Crippen LogP contribution in [0.15, 0.2) is 83.7 Å². The van der Waals surface area contributed by atoms with Crippen LogP contribution in [0.5, 0.6) is 0 Å². The maximum Gasteiger partial charge on any atom is 0.282 e. The van der Waals surface area contributed by atoms with Crippen LogP contribution >= 0.6 is 11.6 Å². The number of fused-ring (bicyclic) bond motifs is 3. The lowest BCUT2D eigenvalue weighted by atomic mass is 9.99. The Labute approximate surface area is 167 Å². The summed E-state index contributed by atoms with van der Waals surface area (Å²) in [6.07, 6.45) is 8.68. The van der Waals surface area contributed by atoms with Crippen LogP contribution in [0, 0.1) is 0 Å². The Morgan fingerprint density at radius 2 is 1.82 bits per heavy atom. The number of rotatable bonds is 2. The minimum absolute atomic E-state index is 0.165. The molecule has 5 rings (SSSR count). The maximum atomic E-state index is 13.4. The molecule has 0 saturated heterocycles. The summed E-state index contributed by atoms with van der Waals surface area (Å²) in [6.45, 7) is 0. The fourth-order valence-electron chi connectivity index (χ4n) is 3.84. The van der Waals surface area contributed by atoms with E-state index in [1.54, 1.807) is 10.6 Å². The van der Waals surface area contributed by atoms with E-state index in [1.165, 1.54) is 5.57 Å². The average Bonchev–Trinajstić information content (AvgIpc) is 2.75. The third kappa shape index (κ3) is 2.76. The van der Waals surface area contributed by atoms with Gasteiger partial charge in [-0.25, -0.2) is 4.98 Å². The van der Waals surface area contributed by atoms with E-state index < -0.39 is 0 Å². The fourth-order valence-corrected chi connectivity index (χ4v) is 3.98. The lowest BCUT2D eigenvalue weighted by Gasteiger charge is -2.15. The molecule has 0 fully saturated rings. The second-order valence-electron chi connectivity index (χ2n) is 6.88. The highest BCUT2D eigenvalue weighted by atomic mass is 35.5. The first kappa shape index (κ1) is 17.0. The van der Waals surface area contributed by atoms with Crippen LogP contribution < -0.4 is 5.56 Å². The van der Waals surface area contributed by atoms with Gasteiger partial charge in [-0.2, -0.15) is 0 Å². The van der Waals surface area contributed by atoms with Gasteiger partial charge < -0.3 is 0 Å². The molecule has 0 saturated carbocycles. The molecular formula is C24H17ClN2O. The number of halogens is 1. The molecule has 3 nitrogen and oxygen atoms in total. The average molecular weight is 385 g/mol. The molecule has 0 unspecified atom stereocenters. The van der Waals surface area contributed by atoms with Crippen molar-refractivity contribution in [2.75, 3.05) is 0 Å². The molecule has 0 radical (unpaired) electrons. The standard InChI is InChI=1S/C24H17ClN2O/c25-22-14-13-20-19-11-4-5-12-21(19)27(24(28)23(20)26-22)18-10-6-9-17(15-18)16-7-2-1-3-8-16/h2,4-15H,1,3H2. The second kappa shape index (κ2) is 6.77. The Morgan fingerprint density at radius 1 is 0.929 bits per heavy atom. The van der Waals surface area contributed by atoms with Crippen LogP contribution in [0.1, 0.15) is 18.4 Å². The van der Waals surface area contributed by atoms with Crippen LogP contribution in [0.2, 0.25) is 5.15 Å². The van der Waals surface area contributed by atoms with Gasteiger partial charge in [0.15, 0.2) is 0 Å². The molecule has 0 atom stereocenters. The summed E-state index contributed by atoms with van der Waals surface area (Å²) >= 11 is 6.09. The predicted molar refractivity (Wildman–Crippen MR) is 116 cm³/mol. The first-order valence-corrected chi connectivity index (χ1v) is 9.68. The third-order valence-corrected chi connectivity index (χ3v) is 5.35. The quantitative estimate of drug-likeness (QED) is 0.317. The zero-order valence-electron chi connectivity index (χ0n) is 15.1. The van der Waals surface area contributed by atoms with Crippen LogP contribution in [0.25, 0.3) is 33.1 Å². The van der Waals surface area contributed by atoms with Gasteiger partial charge in [0, 0.05) is 16.5 Å². The zero-order valence-corrected chi connectivity index (χ0v) is 15.9. The Morgan fingerprint density at radius 3 is 2.68 bits per heavy atom. The van der Waals surface area contributed by atoms with Crippen LogP contribution in [-0.2, 0) is 0 Å². The van der Waals surface area contributed by atoms with Gasteiger partial charge in [0.1, 0.15) is 10.7 Å². The van der Waals surface area contributed by atoms with Gasteiger partial charge in [0.25, 0.3) is 5.56 Å². The Kier molecular flexibility index (Phi) is 4.10. The molecule has 2 aromatic heterocycles. The molecule has 0 spiro atoms. The van der Waals surface area contributed by atoms with Gasteiger partial charge in [-0.1, -0.05) is 60.2 Å². The topological polar surface area (TPSA) is 34.9 Å². The van der Waals surface area contributed by atoms with Crippen molar-refractivity contribution in [3.8, 4) is 5.69 Å². The third-order valence-electron chi connectivity index (χ3n) is 5.13. The van der Waals surface area contributed by atoms with E-state index in [2.05, 4.69) is 35.3 Å². The lowest BCUT2D eigenvalue weighted by Crippen LogP contribution is -2.20. The summed E-state index contributed by atoms with van der Waals surface area (Å²) in [6, 6.07) is 19.6. The van der Waals surface area contributed by atoms with E-state index >= 15 is 0 Å². The minimum Gasteiger partial charge on any atom is -0.275 e. The van der Waals surface area contributed by atoms with Crippen LogP contribution in [0.4, 0.5) is 0 Å². The number of para-hydroxylation sites is 1. The number of pyridine rings is 2. The fraction of sp³-hybridized carbons (Fsp3) is 0.0833.